The van der Waals surface area contributed by atoms with E-state index in [-0.39, 0.29) is 0 Å². The molecule has 28 heavy (non-hydrogen) atoms. The topological polar surface area (TPSA) is 8.81 Å². The van der Waals surface area contributed by atoms with Gasteiger partial charge < -0.3 is 0 Å². The van der Waals surface area contributed by atoms with Gasteiger partial charge in [-0.1, -0.05) is 111 Å². The molecular weight excluding hydrogens is 340 g/mol. The van der Waals surface area contributed by atoms with Crippen LogP contribution in [0.4, 0.5) is 0 Å². The van der Waals surface area contributed by atoms with Crippen LogP contribution >= 0.6 is 0 Å². The molecule has 0 unspecified atom stereocenters. The van der Waals surface area contributed by atoms with Gasteiger partial charge in [0.05, 0.1) is 13.1 Å². The monoisotopic (exact) mass is 391 g/mol. The Balaban J connectivity index is 1.96. The molecule has 0 bridgehead atoms. The quantitative estimate of drug-likeness (QED) is 0.157. The molecule has 2 nitrogen and oxygen atoms in total. The van der Waals surface area contributed by atoms with E-state index in [1.165, 1.54) is 129 Å². The van der Waals surface area contributed by atoms with Crippen molar-refractivity contribution >= 4 is 0 Å². The van der Waals surface area contributed by atoms with E-state index in [1.807, 2.05) is 0 Å². The number of aryl methyl sites for hydroxylation is 2. The second kappa shape index (κ2) is 18.3. The highest BCUT2D eigenvalue weighted by atomic mass is 15.1. The maximum absolute atomic E-state index is 2.49. The first-order chi connectivity index (χ1) is 13.8. The Morgan fingerprint density at radius 1 is 0.607 bits per heavy atom. The van der Waals surface area contributed by atoms with Crippen LogP contribution in [0.3, 0.4) is 0 Å². The minimum absolute atomic E-state index is 1.17. The molecule has 1 aromatic rings. The van der Waals surface area contributed by atoms with Crippen molar-refractivity contribution in [3.63, 3.8) is 0 Å². The van der Waals surface area contributed by atoms with Crippen molar-refractivity contribution in [1.82, 2.24) is 4.57 Å². The van der Waals surface area contributed by atoms with Crippen molar-refractivity contribution < 1.29 is 4.57 Å². The zero-order valence-corrected chi connectivity index (χ0v) is 19.7. The molecule has 0 aliphatic heterocycles. The number of hydrogen-bond acceptors (Lipinski definition) is 0. The van der Waals surface area contributed by atoms with Crippen LogP contribution in [0.15, 0.2) is 12.4 Å². The molecule has 0 saturated carbocycles. The molecule has 0 saturated heterocycles. The fourth-order valence-corrected chi connectivity index (χ4v) is 4.33. The normalized spacial score (nSPS) is 11.4. The van der Waals surface area contributed by atoms with Gasteiger partial charge >= 0.3 is 0 Å². The van der Waals surface area contributed by atoms with Gasteiger partial charge in [0.1, 0.15) is 12.4 Å². The summed E-state index contributed by atoms with van der Waals surface area (Å²) in [6.07, 6.45) is 29.9. The van der Waals surface area contributed by atoms with E-state index in [4.69, 9.17) is 0 Å². The second-order valence-electron chi connectivity index (χ2n) is 8.80. The lowest BCUT2D eigenvalue weighted by Crippen LogP contribution is -2.37. The van der Waals surface area contributed by atoms with Crippen LogP contribution < -0.4 is 4.57 Å². The number of imidazole rings is 1. The lowest BCUT2D eigenvalue weighted by molar-refractivity contribution is -0.703. The zero-order valence-electron chi connectivity index (χ0n) is 19.7. The lowest BCUT2D eigenvalue weighted by Gasteiger charge is -2.05. The molecule has 0 aliphatic rings. The molecule has 0 spiro atoms. The van der Waals surface area contributed by atoms with Crippen LogP contribution in [0.2, 0.25) is 0 Å². The van der Waals surface area contributed by atoms with E-state index < -0.39 is 0 Å². The summed E-state index contributed by atoms with van der Waals surface area (Å²) in [7, 11) is 0. The van der Waals surface area contributed by atoms with E-state index in [2.05, 4.69) is 42.3 Å². The van der Waals surface area contributed by atoms with Crippen molar-refractivity contribution in [2.75, 3.05) is 0 Å². The van der Waals surface area contributed by atoms with Crippen LogP contribution in [0.1, 0.15) is 136 Å². The highest BCUT2D eigenvalue weighted by Gasteiger charge is 2.15. The van der Waals surface area contributed by atoms with Gasteiger partial charge in [-0.15, -0.1) is 0 Å². The number of aromatic nitrogens is 2. The Bertz CT molecular complexity index is 426. The molecule has 0 fully saturated rings. The maximum Gasteiger partial charge on any atom is 0.256 e. The lowest BCUT2D eigenvalue weighted by atomic mass is 10.0. The van der Waals surface area contributed by atoms with Crippen LogP contribution in [0.5, 0.6) is 0 Å². The Labute approximate surface area is 177 Å². The summed E-state index contributed by atoms with van der Waals surface area (Å²) in [6, 6.07) is 0. The first-order valence-corrected chi connectivity index (χ1v) is 12.9. The van der Waals surface area contributed by atoms with E-state index in [1.54, 1.807) is 5.82 Å². The van der Waals surface area contributed by atoms with Gasteiger partial charge in [0.2, 0.25) is 0 Å². The predicted molar refractivity (Wildman–Crippen MR) is 124 cm³/mol. The molecule has 0 radical (unpaired) electrons. The summed E-state index contributed by atoms with van der Waals surface area (Å²) in [5, 5.41) is 0. The van der Waals surface area contributed by atoms with Crippen LogP contribution in [0.25, 0.3) is 0 Å². The molecule has 164 valence electrons. The molecular formula is C26H51N2+. The molecule has 0 atom stereocenters. The van der Waals surface area contributed by atoms with E-state index in [0.29, 0.717) is 0 Å². The first-order valence-electron chi connectivity index (χ1n) is 12.9. The molecule has 1 rings (SSSR count). The number of hydrogen-bond donors (Lipinski definition) is 0. The van der Waals surface area contributed by atoms with Gasteiger partial charge in [-0.2, -0.15) is 0 Å². The molecule has 0 aliphatic carbocycles. The smallest absolute Gasteiger partial charge is 0.234 e. The first kappa shape index (κ1) is 25.2. The van der Waals surface area contributed by atoms with Gasteiger partial charge in [0, 0.05) is 6.42 Å². The summed E-state index contributed by atoms with van der Waals surface area (Å²) >= 11 is 0. The Morgan fingerprint density at radius 3 is 1.57 bits per heavy atom. The standard InChI is InChI=1S/C26H51N2/c1-4-7-8-9-10-11-12-13-14-15-16-17-18-19-20-21-26-27(22-5-2)24-25-28(26)23-6-3/h24-25H,4-23H2,1-3H3/q+1. The van der Waals surface area contributed by atoms with Gasteiger partial charge in [0.15, 0.2) is 0 Å². The Hall–Kier alpha value is -0.790. The molecule has 0 amide bonds. The summed E-state index contributed by atoms with van der Waals surface area (Å²) in [5.41, 5.74) is 0. The number of unbranched alkanes of at least 4 members (excludes halogenated alkanes) is 14. The maximum atomic E-state index is 2.49. The third kappa shape index (κ3) is 11.9. The van der Waals surface area contributed by atoms with Gasteiger partial charge in [0.25, 0.3) is 5.82 Å². The fourth-order valence-electron chi connectivity index (χ4n) is 4.33. The van der Waals surface area contributed by atoms with Gasteiger partial charge in [-0.25, -0.2) is 9.13 Å². The molecule has 2 heteroatoms. The van der Waals surface area contributed by atoms with Crippen molar-refractivity contribution in [2.45, 2.75) is 149 Å². The average Bonchev–Trinajstić information content (AvgIpc) is 3.07. The minimum Gasteiger partial charge on any atom is -0.234 e. The van der Waals surface area contributed by atoms with Gasteiger partial charge in [-0.05, 0) is 19.3 Å². The highest BCUT2D eigenvalue weighted by Crippen LogP contribution is 2.14. The second-order valence-corrected chi connectivity index (χ2v) is 8.80. The summed E-state index contributed by atoms with van der Waals surface area (Å²) in [6.45, 7) is 9.20. The van der Waals surface area contributed by atoms with Crippen molar-refractivity contribution in [2.24, 2.45) is 0 Å². The SMILES string of the molecule is CCCCCCCCCCCCCCCCCc1n(CCC)cc[n+]1CCC. The van der Waals surface area contributed by atoms with E-state index in [9.17, 15) is 0 Å². The van der Waals surface area contributed by atoms with Crippen LogP contribution in [-0.4, -0.2) is 4.57 Å². The van der Waals surface area contributed by atoms with Crippen molar-refractivity contribution in [3.05, 3.63) is 18.2 Å². The van der Waals surface area contributed by atoms with E-state index in [0.717, 1.165) is 0 Å². The zero-order chi connectivity index (χ0) is 20.3. The Morgan fingerprint density at radius 2 is 1.11 bits per heavy atom. The van der Waals surface area contributed by atoms with Crippen LogP contribution in [0, 0.1) is 0 Å². The van der Waals surface area contributed by atoms with Crippen molar-refractivity contribution in [3.8, 4) is 0 Å². The largest absolute Gasteiger partial charge is 0.256 e. The third-order valence-corrected chi connectivity index (χ3v) is 6.02. The number of rotatable bonds is 20. The minimum atomic E-state index is 1.17. The van der Waals surface area contributed by atoms with E-state index >= 15 is 0 Å². The summed E-state index contributed by atoms with van der Waals surface area (Å²) < 4.78 is 4.97. The molecule has 1 aromatic heterocycles. The third-order valence-electron chi connectivity index (χ3n) is 6.02. The van der Waals surface area contributed by atoms with Gasteiger partial charge in [-0.3, -0.25) is 0 Å². The van der Waals surface area contributed by atoms with Crippen LogP contribution in [-0.2, 0) is 19.5 Å². The summed E-state index contributed by atoms with van der Waals surface area (Å²) in [4.78, 5) is 0. The molecule has 0 aromatic carbocycles. The predicted octanol–water partition coefficient (Wildman–Crippen LogP) is 8.01. The summed E-state index contributed by atoms with van der Waals surface area (Å²) in [5.74, 6) is 1.55. The van der Waals surface area contributed by atoms with Crippen molar-refractivity contribution in [1.29, 1.82) is 0 Å². The average molecular weight is 392 g/mol. The Kier molecular flexibility index (Phi) is 16.5. The molecule has 0 N–H and O–H groups in total. The fraction of sp³-hybridized carbons (Fsp3) is 0.885. The highest BCUT2D eigenvalue weighted by molar-refractivity contribution is 4.84. The molecule has 1 heterocycles. The number of nitrogens with zero attached hydrogens (tertiary/aromatic N) is 2.